The molecule has 0 saturated carbocycles. The average Bonchev–Trinajstić information content (AvgIpc) is 2.25. The van der Waals surface area contributed by atoms with Crippen molar-refractivity contribution in [3.05, 3.63) is 28.3 Å². The molecule has 9 heteroatoms. The van der Waals surface area contributed by atoms with E-state index in [0.717, 1.165) is 6.07 Å². The van der Waals surface area contributed by atoms with Gasteiger partial charge in [-0.2, -0.15) is 0 Å². The third kappa shape index (κ3) is 2.61. The van der Waals surface area contributed by atoms with Gasteiger partial charge >= 0.3 is 115 Å². The van der Waals surface area contributed by atoms with Crippen molar-refractivity contribution < 1.29 is 58.5 Å². The summed E-state index contributed by atoms with van der Waals surface area (Å²) in [6.07, 6.45) is 0. The van der Waals surface area contributed by atoms with Crippen molar-refractivity contribution in [3.8, 4) is 0 Å². The van der Waals surface area contributed by atoms with Gasteiger partial charge in [-0.1, -0.05) is 0 Å². The molecule has 19 heavy (non-hydrogen) atoms. The summed E-state index contributed by atoms with van der Waals surface area (Å²) in [6, 6.07) is 0.821. The standard InChI is InChI=1S/C10H5O8.Ir/c11-7(12)3-1-2-4(8(13)14)6(10(17)18)5(3)9(15)16;/h1H,(H,11,12)(H,13,14)(H,15,16)(H,17,18);. The predicted octanol–water partition coefficient (Wildman–Crippen LogP) is -0.348. The van der Waals surface area contributed by atoms with Crippen LogP contribution >= 0.6 is 0 Å². The first kappa shape index (κ1) is 14.8. The molecule has 0 saturated heterocycles. The molecule has 0 aliphatic rings. The van der Waals surface area contributed by atoms with Gasteiger partial charge in [0, 0.05) is 0 Å². The summed E-state index contributed by atoms with van der Waals surface area (Å²) in [6.45, 7) is 0. The van der Waals surface area contributed by atoms with Crippen LogP contribution in [-0.2, 0) is 18.9 Å². The number of carboxylic acid groups (broad SMARTS) is 4. The maximum absolute atomic E-state index is 11.1. The van der Waals surface area contributed by atoms with E-state index in [2.05, 4.69) is 0 Å². The fourth-order valence-electron chi connectivity index (χ4n) is 1.45. The Morgan fingerprint density at radius 2 is 1.16 bits per heavy atom. The Hall–Kier alpha value is -2.25. The van der Waals surface area contributed by atoms with Crippen LogP contribution < -0.4 is 4.08 Å². The number of benzene rings is 1. The van der Waals surface area contributed by atoms with Gasteiger partial charge in [0.2, 0.25) is 0 Å². The molecule has 0 heterocycles. The Morgan fingerprint density at radius 3 is 1.47 bits per heavy atom. The van der Waals surface area contributed by atoms with Crippen molar-refractivity contribution >= 4 is 28.0 Å². The molecule has 1 aromatic rings. The molecule has 0 fully saturated rings. The Bertz CT molecular complexity index is 618. The number of carbonyl (C=O) groups is 4. The zero-order chi connectivity index (χ0) is 14.9. The van der Waals surface area contributed by atoms with Crippen molar-refractivity contribution in [1.29, 1.82) is 0 Å². The Kier molecular flexibility index (Phi) is 4.03. The second-order valence-electron chi connectivity index (χ2n) is 3.23. The molecule has 0 aliphatic heterocycles. The molecule has 1 rings (SSSR count). The van der Waals surface area contributed by atoms with Gasteiger partial charge in [-0.25, -0.2) is 0 Å². The zero-order valence-electron chi connectivity index (χ0n) is 8.83. The summed E-state index contributed by atoms with van der Waals surface area (Å²) in [7, 11) is 0. The first-order valence-electron chi connectivity index (χ1n) is 4.45. The number of hydrogen-bond donors (Lipinski definition) is 4. The van der Waals surface area contributed by atoms with Crippen LogP contribution in [0.3, 0.4) is 0 Å². The third-order valence-corrected chi connectivity index (χ3v) is 3.08. The minimum absolute atomic E-state index is 0.146. The summed E-state index contributed by atoms with van der Waals surface area (Å²) in [5.41, 5.74) is -3.61. The topological polar surface area (TPSA) is 149 Å². The molecule has 0 aromatic heterocycles. The molecule has 4 N–H and O–H groups in total. The molecule has 0 bridgehead atoms. The van der Waals surface area contributed by atoms with Crippen LogP contribution in [0.25, 0.3) is 0 Å². The van der Waals surface area contributed by atoms with Crippen LogP contribution in [0.4, 0.5) is 0 Å². The maximum atomic E-state index is 11.1. The molecule has 0 atom stereocenters. The summed E-state index contributed by atoms with van der Waals surface area (Å²) >= 11 is 1.19. The fraction of sp³-hybridized carbons (Fsp3) is 0. The monoisotopic (exact) mass is 446 g/mol. The normalized spacial score (nSPS) is 10.0. The van der Waals surface area contributed by atoms with Gasteiger partial charge in [-0.3, -0.25) is 0 Å². The van der Waals surface area contributed by atoms with E-state index in [4.69, 9.17) is 20.4 Å². The number of rotatable bonds is 4. The van der Waals surface area contributed by atoms with Crippen molar-refractivity contribution in [3.63, 3.8) is 0 Å². The number of hydrogen-bond acceptors (Lipinski definition) is 4. The van der Waals surface area contributed by atoms with Gasteiger partial charge in [0.25, 0.3) is 0 Å². The first-order valence-corrected chi connectivity index (χ1v) is 5.65. The Balaban J connectivity index is 3.98. The molecule has 0 radical (unpaired) electrons. The van der Waals surface area contributed by atoms with Gasteiger partial charge in [-0.15, -0.1) is 0 Å². The molecule has 1 aromatic carbocycles. The molecular formula is C10H5IrO8. The van der Waals surface area contributed by atoms with Crippen molar-refractivity contribution in [2.45, 2.75) is 0 Å². The van der Waals surface area contributed by atoms with Crippen molar-refractivity contribution in [1.82, 2.24) is 0 Å². The quantitative estimate of drug-likeness (QED) is 0.492. The summed E-state index contributed by atoms with van der Waals surface area (Å²) in [5, 5.41) is 35.7. The molecule has 0 unspecified atom stereocenters. The van der Waals surface area contributed by atoms with Crippen LogP contribution in [-0.4, -0.2) is 44.3 Å². The van der Waals surface area contributed by atoms with Crippen LogP contribution in [0.5, 0.6) is 0 Å². The van der Waals surface area contributed by atoms with Crippen molar-refractivity contribution in [2.24, 2.45) is 0 Å². The van der Waals surface area contributed by atoms with Crippen LogP contribution in [0.1, 0.15) is 41.4 Å². The van der Waals surface area contributed by atoms with E-state index in [1.54, 1.807) is 0 Å². The van der Waals surface area contributed by atoms with Crippen LogP contribution in [0, 0.1) is 0 Å². The van der Waals surface area contributed by atoms with Gasteiger partial charge in [0.05, 0.1) is 0 Å². The summed E-state index contributed by atoms with van der Waals surface area (Å²) < 4.78 is -0.146. The number of aromatic carboxylic acids is 4. The van der Waals surface area contributed by atoms with E-state index in [0.29, 0.717) is 0 Å². The van der Waals surface area contributed by atoms with Gasteiger partial charge in [0.15, 0.2) is 0 Å². The van der Waals surface area contributed by atoms with Gasteiger partial charge in [-0.05, 0) is 0 Å². The average molecular weight is 445 g/mol. The van der Waals surface area contributed by atoms with E-state index in [1.807, 2.05) is 0 Å². The third-order valence-electron chi connectivity index (χ3n) is 2.13. The Labute approximate surface area is 115 Å². The van der Waals surface area contributed by atoms with E-state index in [9.17, 15) is 19.2 Å². The van der Waals surface area contributed by atoms with E-state index in [1.165, 1.54) is 18.9 Å². The molecule has 0 spiro atoms. The van der Waals surface area contributed by atoms with Gasteiger partial charge < -0.3 is 0 Å². The Morgan fingerprint density at radius 1 is 0.737 bits per heavy atom. The zero-order valence-corrected chi connectivity index (χ0v) is 11.2. The van der Waals surface area contributed by atoms with E-state index < -0.39 is 46.1 Å². The predicted molar refractivity (Wildman–Crippen MR) is 53.9 cm³/mol. The second kappa shape index (κ2) is 5.17. The molecule has 8 nitrogen and oxygen atoms in total. The fourth-order valence-corrected chi connectivity index (χ4v) is 2.35. The number of carboxylic acids is 4. The molecule has 0 aliphatic carbocycles. The van der Waals surface area contributed by atoms with E-state index in [-0.39, 0.29) is 4.08 Å². The second-order valence-corrected chi connectivity index (χ2v) is 4.52. The summed E-state index contributed by atoms with van der Waals surface area (Å²) in [5.74, 6) is -6.94. The van der Waals surface area contributed by atoms with E-state index >= 15 is 0 Å². The van der Waals surface area contributed by atoms with Crippen LogP contribution in [0.2, 0.25) is 0 Å². The molecule has 0 amide bonds. The summed E-state index contributed by atoms with van der Waals surface area (Å²) in [4.78, 5) is 44.0. The minimum atomic E-state index is -1.82. The van der Waals surface area contributed by atoms with Gasteiger partial charge in [0.1, 0.15) is 0 Å². The molecule has 102 valence electrons. The SMILES string of the molecule is O=C(O)c1c[c]([Ir])c(C(=O)O)c(C(=O)O)c1C(=O)O. The first-order chi connectivity index (χ1) is 8.68. The van der Waals surface area contributed by atoms with Crippen LogP contribution in [0.15, 0.2) is 6.07 Å². The molecular weight excluding hydrogens is 440 g/mol. The van der Waals surface area contributed by atoms with Crippen molar-refractivity contribution in [2.75, 3.05) is 0 Å².